The lowest BCUT2D eigenvalue weighted by Gasteiger charge is -2.28. The van der Waals surface area contributed by atoms with E-state index in [1.54, 1.807) is 25.2 Å². The van der Waals surface area contributed by atoms with Gasteiger partial charge in [0.2, 0.25) is 5.91 Å². The molecule has 0 saturated heterocycles. The van der Waals surface area contributed by atoms with Gasteiger partial charge in [-0.2, -0.15) is 0 Å². The zero-order valence-electron chi connectivity index (χ0n) is 21.9. The monoisotopic (exact) mass is 516 g/mol. The number of nitrogens with one attached hydrogen (secondary N) is 2. The van der Waals surface area contributed by atoms with E-state index < -0.39 is 12.0 Å². The van der Waals surface area contributed by atoms with Gasteiger partial charge in [-0.25, -0.2) is 4.39 Å². The van der Waals surface area contributed by atoms with E-state index in [0.29, 0.717) is 29.5 Å². The van der Waals surface area contributed by atoms with Crippen LogP contribution in [-0.4, -0.2) is 31.5 Å². The summed E-state index contributed by atoms with van der Waals surface area (Å²) in [5, 5.41) is 5.73. The van der Waals surface area contributed by atoms with Gasteiger partial charge in [0, 0.05) is 30.3 Å². The molecule has 1 aliphatic carbocycles. The Kier molecular flexibility index (Phi) is 7.36. The van der Waals surface area contributed by atoms with E-state index in [1.807, 2.05) is 30.3 Å². The van der Waals surface area contributed by atoms with Crippen molar-refractivity contribution < 1.29 is 23.5 Å². The average molecular weight is 517 g/mol. The van der Waals surface area contributed by atoms with Crippen LogP contribution in [0.2, 0.25) is 0 Å². The molecule has 198 valence electrons. The van der Waals surface area contributed by atoms with Crippen molar-refractivity contribution in [2.75, 3.05) is 13.6 Å². The van der Waals surface area contributed by atoms with E-state index in [9.17, 15) is 14.0 Å². The fourth-order valence-electron chi connectivity index (χ4n) is 4.85. The number of amides is 2. The molecule has 1 fully saturated rings. The van der Waals surface area contributed by atoms with Crippen molar-refractivity contribution in [3.63, 3.8) is 0 Å². The largest absolute Gasteiger partial charge is 0.490 e. The van der Waals surface area contributed by atoms with Gasteiger partial charge in [-0.3, -0.25) is 9.59 Å². The summed E-state index contributed by atoms with van der Waals surface area (Å²) in [6, 6.07) is 17.3. The summed E-state index contributed by atoms with van der Waals surface area (Å²) < 4.78 is 26.1. The first-order valence-corrected chi connectivity index (χ1v) is 13.2. The summed E-state index contributed by atoms with van der Waals surface area (Å²) in [6.45, 7) is 4.69. The second-order valence-corrected chi connectivity index (χ2v) is 10.4. The molecule has 0 spiro atoms. The molecule has 2 atom stereocenters. The number of carbonyl (C=O) groups is 2. The lowest BCUT2D eigenvalue weighted by atomic mass is 9.88. The number of likely N-dealkylation sites (N-methyl/N-ethyl adjacent to an activating group) is 1. The molecule has 38 heavy (non-hydrogen) atoms. The number of halogens is 1. The highest BCUT2D eigenvalue weighted by Crippen LogP contribution is 2.48. The van der Waals surface area contributed by atoms with Gasteiger partial charge in [0.05, 0.1) is 6.10 Å². The number of ether oxygens (including phenoxy) is 2. The van der Waals surface area contributed by atoms with Crippen LogP contribution in [0, 0.1) is 11.7 Å². The Labute approximate surface area is 222 Å². The van der Waals surface area contributed by atoms with Crippen LogP contribution in [0.3, 0.4) is 0 Å². The van der Waals surface area contributed by atoms with Crippen LogP contribution in [0.15, 0.2) is 60.7 Å². The van der Waals surface area contributed by atoms with Gasteiger partial charge in [-0.15, -0.1) is 0 Å². The molecule has 2 amide bonds. The first-order chi connectivity index (χ1) is 18.3. The summed E-state index contributed by atoms with van der Waals surface area (Å²) in [4.78, 5) is 25.9. The molecular weight excluding hydrogens is 483 g/mol. The van der Waals surface area contributed by atoms with Gasteiger partial charge < -0.3 is 20.1 Å². The third-order valence-corrected chi connectivity index (χ3v) is 7.20. The molecule has 0 bridgehead atoms. The molecule has 2 aliphatic rings. The van der Waals surface area contributed by atoms with E-state index in [-0.39, 0.29) is 23.7 Å². The van der Waals surface area contributed by atoms with Crippen LogP contribution in [0.4, 0.5) is 4.39 Å². The number of hydrogen-bond donors (Lipinski definition) is 2. The highest BCUT2D eigenvalue weighted by atomic mass is 19.1. The number of benzene rings is 3. The molecule has 1 saturated carbocycles. The first-order valence-electron chi connectivity index (χ1n) is 13.2. The van der Waals surface area contributed by atoms with E-state index >= 15 is 0 Å². The minimum absolute atomic E-state index is 0.140. The molecular formula is C31H33FN2O4. The quantitative estimate of drug-likeness (QED) is 0.398. The van der Waals surface area contributed by atoms with Crippen molar-refractivity contribution in [1.82, 2.24) is 10.6 Å². The third kappa shape index (κ3) is 5.23. The fraction of sp³-hybridized carbons (Fsp3) is 0.355. The maximum atomic E-state index is 13.6. The molecule has 2 unspecified atom stereocenters. The molecule has 7 heteroatoms. The third-order valence-electron chi connectivity index (χ3n) is 7.20. The molecule has 0 aromatic heterocycles. The van der Waals surface area contributed by atoms with E-state index in [2.05, 4.69) is 24.5 Å². The minimum atomic E-state index is -0.617. The predicted molar refractivity (Wildman–Crippen MR) is 144 cm³/mol. The fourth-order valence-corrected chi connectivity index (χ4v) is 4.85. The first kappa shape index (κ1) is 25.8. The Balaban J connectivity index is 1.54. The summed E-state index contributed by atoms with van der Waals surface area (Å²) in [5.74, 6) is 0.354. The van der Waals surface area contributed by atoms with Gasteiger partial charge in [0.25, 0.3) is 5.91 Å². The van der Waals surface area contributed by atoms with E-state index in [1.165, 1.54) is 12.1 Å². The number of rotatable bonds is 8. The number of hydrogen-bond acceptors (Lipinski definition) is 4. The standard InChI is InChI=1S/C31H33FN2O4/c1-18(2)17-34-30(35)21-10-14-26(37-23-5-4-6-23)24(16-21)20-9-13-27-25(15-20)28(31(36)33-3)29(38-27)19-7-11-22(32)12-8-19/h7-16,18,23,28-29H,4-6,17H2,1-3H3,(H,33,36)(H,34,35). The number of carbonyl (C=O) groups excluding carboxylic acids is 2. The minimum Gasteiger partial charge on any atom is -0.490 e. The van der Waals surface area contributed by atoms with Crippen molar-refractivity contribution in [3.05, 3.63) is 83.2 Å². The zero-order chi connectivity index (χ0) is 26.8. The van der Waals surface area contributed by atoms with Crippen molar-refractivity contribution in [1.29, 1.82) is 0 Å². The normalized spacial score (nSPS) is 18.3. The number of fused-ring (bicyclic) bond motifs is 1. The summed E-state index contributed by atoms with van der Waals surface area (Å²) in [7, 11) is 1.59. The molecule has 0 radical (unpaired) electrons. The van der Waals surface area contributed by atoms with Gasteiger partial charge in [0.1, 0.15) is 29.3 Å². The smallest absolute Gasteiger partial charge is 0.251 e. The Morgan fingerprint density at radius 3 is 2.47 bits per heavy atom. The maximum absolute atomic E-state index is 13.6. The lowest BCUT2D eigenvalue weighted by molar-refractivity contribution is -0.123. The Hall–Kier alpha value is -3.87. The van der Waals surface area contributed by atoms with Crippen LogP contribution >= 0.6 is 0 Å². The van der Waals surface area contributed by atoms with Crippen molar-refractivity contribution >= 4 is 11.8 Å². The van der Waals surface area contributed by atoms with Gasteiger partial charge in [-0.05, 0) is 78.8 Å². The summed E-state index contributed by atoms with van der Waals surface area (Å²) >= 11 is 0. The second-order valence-electron chi connectivity index (χ2n) is 10.4. The van der Waals surface area contributed by atoms with Crippen molar-refractivity contribution in [2.45, 2.75) is 51.2 Å². The van der Waals surface area contributed by atoms with Crippen LogP contribution in [0.25, 0.3) is 11.1 Å². The predicted octanol–water partition coefficient (Wildman–Crippen LogP) is 5.77. The summed E-state index contributed by atoms with van der Waals surface area (Å²) in [6.07, 6.45) is 2.73. The second kappa shape index (κ2) is 10.9. The van der Waals surface area contributed by atoms with Crippen molar-refractivity contribution in [3.8, 4) is 22.6 Å². The van der Waals surface area contributed by atoms with Gasteiger partial charge >= 0.3 is 0 Å². The molecule has 5 rings (SSSR count). The highest BCUT2D eigenvalue weighted by Gasteiger charge is 2.40. The lowest BCUT2D eigenvalue weighted by Crippen LogP contribution is -2.29. The van der Waals surface area contributed by atoms with Gasteiger partial charge in [-0.1, -0.05) is 32.0 Å². The molecule has 3 aromatic carbocycles. The molecule has 2 N–H and O–H groups in total. The Bertz CT molecular complexity index is 1330. The van der Waals surface area contributed by atoms with Crippen LogP contribution < -0.4 is 20.1 Å². The summed E-state index contributed by atoms with van der Waals surface area (Å²) in [5.41, 5.74) is 3.62. The topological polar surface area (TPSA) is 76.7 Å². The van der Waals surface area contributed by atoms with E-state index in [0.717, 1.165) is 41.5 Å². The Morgan fingerprint density at radius 2 is 1.82 bits per heavy atom. The van der Waals surface area contributed by atoms with E-state index in [4.69, 9.17) is 9.47 Å². The van der Waals surface area contributed by atoms with Crippen molar-refractivity contribution in [2.24, 2.45) is 5.92 Å². The van der Waals surface area contributed by atoms with Gasteiger partial charge in [0.15, 0.2) is 0 Å². The molecule has 1 heterocycles. The zero-order valence-corrected chi connectivity index (χ0v) is 21.9. The van der Waals surface area contributed by atoms with Crippen LogP contribution in [0.5, 0.6) is 11.5 Å². The maximum Gasteiger partial charge on any atom is 0.251 e. The molecule has 1 aliphatic heterocycles. The van der Waals surface area contributed by atoms with Crippen LogP contribution in [0.1, 0.15) is 66.6 Å². The molecule has 6 nitrogen and oxygen atoms in total. The average Bonchev–Trinajstić information content (AvgIpc) is 3.28. The van der Waals surface area contributed by atoms with Crippen LogP contribution in [-0.2, 0) is 4.79 Å². The SMILES string of the molecule is CNC(=O)C1c2cc(-c3cc(C(=O)NCC(C)C)ccc3OC3CCC3)ccc2OC1c1ccc(F)cc1. The Morgan fingerprint density at radius 1 is 1.05 bits per heavy atom. The molecule has 3 aromatic rings. The highest BCUT2D eigenvalue weighted by molar-refractivity contribution is 5.96.